The molecule has 0 amide bonds. The minimum atomic E-state index is -0.556. The summed E-state index contributed by atoms with van der Waals surface area (Å²) in [5.41, 5.74) is 19.7. The van der Waals surface area contributed by atoms with Crippen molar-refractivity contribution in [3.63, 3.8) is 0 Å². The predicted octanol–water partition coefficient (Wildman–Crippen LogP) is 13.1. The van der Waals surface area contributed by atoms with Gasteiger partial charge in [0.05, 0.1) is 38.9 Å². The van der Waals surface area contributed by atoms with Crippen LogP contribution in [0.15, 0.2) is 200 Å². The normalized spacial score (nSPS) is 13.9. The van der Waals surface area contributed by atoms with E-state index in [0.717, 1.165) is 34.5 Å². The molecule has 0 N–H and O–H groups in total. The molecule has 6 aromatic carbocycles. The summed E-state index contributed by atoms with van der Waals surface area (Å²) in [5.74, 6) is 0. The number of pyridine rings is 2. The van der Waals surface area contributed by atoms with Crippen LogP contribution in [0.2, 0.25) is 0 Å². The molecule has 0 unspecified atom stereocenters. The van der Waals surface area contributed by atoms with Gasteiger partial charge in [-0.2, -0.15) is 0 Å². The summed E-state index contributed by atoms with van der Waals surface area (Å²) in [6, 6.07) is 61.9. The molecule has 2 aliphatic rings. The first-order valence-corrected chi connectivity index (χ1v) is 20.4. The summed E-state index contributed by atoms with van der Waals surface area (Å²) in [6.07, 6.45) is 11.3. The Hall–Kier alpha value is -7.56. The number of rotatable bonds is 5. The zero-order valence-corrected chi connectivity index (χ0v) is 32.5. The Bertz CT molecular complexity index is 3290. The SMILES string of the molecule is CC1=CC=Cc2c(c3ncccc3n2-c2ccc(-c3ccc(-n4c5ccccc5c5c6c(ccc54)C(c4ccccc4)(c4ccccc4)c4ncccc4-6)cc3)cc2)C1. The molecule has 4 nitrogen and oxygen atoms in total. The van der Waals surface area contributed by atoms with E-state index >= 15 is 0 Å². The smallest absolute Gasteiger partial charge is 0.0926 e. The summed E-state index contributed by atoms with van der Waals surface area (Å²) in [5, 5.41) is 2.49. The molecule has 12 rings (SSSR count). The summed E-state index contributed by atoms with van der Waals surface area (Å²) in [4.78, 5) is 10.0. The number of para-hydroxylation sites is 1. The van der Waals surface area contributed by atoms with Crippen LogP contribution in [0.25, 0.3) is 72.5 Å². The van der Waals surface area contributed by atoms with E-state index in [-0.39, 0.29) is 0 Å². The standard InChI is InChI=1S/C55H38N4/c1-36-13-10-21-48-45(35-36)53-50(22-12-33-56-53)59(48)42-29-25-38(26-30-42)37-23-27-41(28-24-37)58-47-20-9-8-18-43(47)52-49(58)32-31-46-51(52)44-19-11-34-57-54(44)55(46,39-14-4-2-5-15-39)40-16-6-3-7-17-40/h2-34H,35H2,1H3. The van der Waals surface area contributed by atoms with Crippen molar-refractivity contribution in [3.05, 3.63) is 234 Å². The van der Waals surface area contributed by atoms with Crippen molar-refractivity contribution in [2.45, 2.75) is 18.8 Å². The maximum absolute atomic E-state index is 5.21. The maximum atomic E-state index is 5.21. The van der Waals surface area contributed by atoms with Gasteiger partial charge in [0.1, 0.15) is 0 Å². The number of nitrogens with zero attached hydrogens (tertiary/aromatic N) is 4. The van der Waals surface area contributed by atoms with Crippen molar-refractivity contribution in [2.75, 3.05) is 0 Å². The largest absolute Gasteiger partial charge is 0.309 e. The summed E-state index contributed by atoms with van der Waals surface area (Å²) in [7, 11) is 0. The van der Waals surface area contributed by atoms with Gasteiger partial charge in [0.25, 0.3) is 0 Å². The molecule has 4 aromatic heterocycles. The van der Waals surface area contributed by atoms with Crippen molar-refractivity contribution in [1.29, 1.82) is 0 Å². The highest BCUT2D eigenvalue weighted by molar-refractivity contribution is 6.18. The summed E-state index contributed by atoms with van der Waals surface area (Å²) >= 11 is 0. The lowest BCUT2D eigenvalue weighted by molar-refractivity contribution is 0.738. The van der Waals surface area contributed by atoms with E-state index in [1.807, 2.05) is 18.5 Å². The van der Waals surface area contributed by atoms with E-state index < -0.39 is 5.41 Å². The Morgan fingerprint density at radius 3 is 1.90 bits per heavy atom. The molecule has 0 fully saturated rings. The van der Waals surface area contributed by atoms with Gasteiger partial charge < -0.3 is 9.13 Å². The molecule has 0 atom stereocenters. The second-order valence-corrected chi connectivity index (χ2v) is 15.8. The van der Waals surface area contributed by atoms with Gasteiger partial charge in [0.15, 0.2) is 0 Å². The first-order chi connectivity index (χ1) is 29.2. The second kappa shape index (κ2) is 13.0. The lowest BCUT2D eigenvalue weighted by Crippen LogP contribution is -2.29. The number of aromatic nitrogens is 4. The average molecular weight is 755 g/mol. The third-order valence-corrected chi connectivity index (χ3v) is 12.6. The van der Waals surface area contributed by atoms with Gasteiger partial charge in [0, 0.05) is 45.7 Å². The molecule has 0 radical (unpaired) electrons. The molecular formula is C55H38N4. The lowest BCUT2D eigenvalue weighted by Gasteiger charge is -2.32. The van der Waals surface area contributed by atoms with E-state index in [4.69, 9.17) is 9.97 Å². The first kappa shape index (κ1) is 33.6. The van der Waals surface area contributed by atoms with Crippen molar-refractivity contribution >= 4 is 38.9 Å². The highest BCUT2D eigenvalue weighted by atomic mass is 15.0. The van der Waals surface area contributed by atoms with Crippen LogP contribution in [0.5, 0.6) is 0 Å². The molecule has 4 heterocycles. The van der Waals surface area contributed by atoms with Crippen molar-refractivity contribution in [1.82, 2.24) is 19.1 Å². The third-order valence-electron chi connectivity index (χ3n) is 12.6. The maximum Gasteiger partial charge on any atom is 0.0926 e. The molecule has 2 aliphatic carbocycles. The Morgan fingerprint density at radius 1 is 0.542 bits per heavy atom. The lowest BCUT2D eigenvalue weighted by atomic mass is 9.69. The molecule has 0 aliphatic heterocycles. The van der Waals surface area contributed by atoms with Gasteiger partial charge in [-0.05, 0) is 107 Å². The molecule has 278 valence electrons. The van der Waals surface area contributed by atoms with Gasteiger partial charge in [-0.1, -0.05) is 133 Å². The van der Waals surface area contributed by atoms with E-state index in [2.05, 4.69) is 198 Å². The van der Waals surface area contributed by atoms with Crippen LogP contribution in [0, 0.1) is 0 Å². The number of hydrogen-bond acceptors (Lipinski definition) is 2. The molecule has 0 bridgehead atoms. The molecule has 0 spiro atoms. The van der Waals surface area contributed by atoms with Crippen LogP contribution in [-0.2, 0) is 11.8 Å². The summed E-state index contributed by atoms with van der Waals surface area (Å²) < 4.78 is 4.78. The van der Waals surface area contributed by atoms with Gasteiger partial charge >= 0.3 is 0 Å². The fourth-order valence-electron chi connectivity index (χ4n) is 10.2. The zero-order valence-electron chi connectivity index (χ0n) is 32.5. The Balaban J connectivity index is 0.987. The van der Waals surface area contributed by atoms with Crippen LogP contribution >= 0.6 is 0 Å². The van der Waals surface area contributed by atoms with Crippen LogP contribution in [0.1, 0.15) is 40.6 Å². The highest BCUT2D eigenvalue weighted by Gasteiger charge is 2.48. The third kappa shape index (κ3) is 4.84. The van der Waals surface area contributed by atoms with Crippen molar-refractivity contribution < 1.29 is 0 Å². The van der Waals surface area contributed by atoms with Crippen molar-refractivity contribution in [3.8, 4) is 33.6 Å². The van der Waals surface area contributed by atoms with Crippen molar-refractivity contribution in [2.24, 2.45) is 0 Å². The van der Waals surface area contributed by atoms with E-state index in [9.17, 15) is 0 Å². The minimum Gasteiger partial charge on any atom is -0.309 e. The Morgan fingerprint density at radius 2 is 1.17 bits per heavy atom. The van der Waals surface area contributed by atoms with Crippen LogP contribution < -0.4 is 0 Å². The minimum absolute atomic E-state index is 0.556. The predicted molar refractivity (Wildman–Crippen MR) is 242 cm³/mol. The molecular weight excluding hydrogens is 717 g/mol. The van der Waals surface area contributed by atoms with Gasteiger partial charge in [0.2, 0.25) is 0 Å². The fraction of sp³-hybridized carbons (Fsp3) is 0.0545. The van der Waals surface area contributed by atoms with E-state index in [1.165, 1.54) is 77.6 Å². The number of fused-ring (bicyclic) bond motifs is 10. The van der Waals surface area contributed by atoms with Gasteiger partial charge in [-0.3, -0.25) is 9.97 Å². The van der Waals surface area contributed by atoms with E-state index in [0.29, 0.717) is 0 Å². The van der Waals surface area contributed by atoms with Crippen LogP contribution in [0.3, 0.4) is 0 Å². The topological polar surface area (TPSA) is 35.6 Å². The van der Waals surface area contributed by atoms with Gasteiger partial charge in [-0.15, -0.1) is 0 Å². The fourth-order valence-corrected chi connectivity index (χ4v) is 10.2. The zero-order chi connectivity index (χ0) is 39.1. The average Bonchev–Trinajstić information content (AvgIpc) is 3.85. The monoisotopic (exact) mass is 754 g/mol. The molecule has 59 heavy (non-hydrogen) atoms. The number of allylic oxidation sites excluding steroid dienone is 3. The highest BCUT2D eigenvalue weighted by Crippen LogP contribution is 2.58. The molecule has 4 heteroatoms. The second-order valence-electron chi connectivity index (χ2n) is 15.8. The molecule has 0 saturated carbocycles. The Kier molecular flexibility index (Phi) is 7.39. The van der Waals surface area contributed by atoms with Crippen LogP contribution in [-0.4, -0.2) is 19.1 Å². The first-order valence-electron chi connectivity index (χ1n) is 20.4. The quantitative estimate of drug-likeness (QED) is 0.175. The van der Waals surface area contributed by atoms with Gasteiger partial charge in [-0.25, -0.2) is 0 Å². The molecule has 10 aromatic rings. The number of hydrogen-bond donors (Lipinski definition) is 0. The Labute approximate surface area is 342 Å². The van der Waals surface area contributed by atoms with Crippen LogP contribution in [0.4, 0.5) is 0 Å². The summed E-state index contributed by atoms with van der Waals surface area (Å²) in [6.45, 7) is 2.19. The molecule has 0 saturated heterocycles. The van der Waals surface area contributed by atoms with E-state index in [1.54, 1.807) is 0 Å². The number of benzene rings is 6.